The fraction of sp³-hybridized carbons (Fsp3) is 0.207. The zero-order chi connectivity index (χ0) is 25.4. The fourth-order valence-electron chi connectivity index (χ4n) is 4.88. The van der Waals surface area contributed by atoms with Crippen LogP contribution < -0.4 is 5.32 Å². The Labute approximate surface area is 207 Å². The number of nitrogens with zero attached hydrogens (tertiary/aromatic N) is 1. The summed E-state index contributed by atoms with van der Waals surface area (Å²) in [4.78, 5) is 33.5. The first-order valence-corrected chi connectivity index (χ1v) is 11.7. The summed E-state index contributed by atoms with van der Waals surface area (Å²) in [7, 11) is 0. The van der Waals surface area contributed by atoms with Crippen LogP contribution in [0.3, 0.4) is 0 Å². The summed E-state index contributed by atoms with van der Waals surface area (Å²) in [6.07, 6.45) is 3.34. The number of amides is 1. The average Bonchev–Trinajstić information content (AvgIpc) is 3.16. The van der Waals surface area contributed by atoms with Crippen LogP contribution in [0.4, 0.5) is 14.6 Å². The summed E-state index contributed by atoms with van der Waals surface area (Å²) in [5, 5.41) is 2.61. The van der Waals surface area contributed by atoms with Gasteiger partial charge in [0, 0.05) is 47.5 Å². The van der Waals surface area contributed by atoms with E-state index >= 15 is 0 Å². The second-order valence-corrected chi connectivity index (χ2v) is 9.98. The van der Waals surface area contributed by atoms with E-state index in [0.29, 0.717) is 18.9 Å². The minimum absolute atomic E-state index is 0.116. The van der Waals surface area contributed by atoms with Gasteiger partial charge in [0.25, 0.3) is 5.91 Å². The molecule has 0 atom stereocenters. The first kappa shape index (κ1) is 23.6. The molecule has 36 heavy (non-hydrogen) atoms. The number of benzene rings is 2. The van der Waals surface area contributed by atoms with Gasteiger partial charge in [0.05, 0.1) is 5.69 Å². The van der Waals surface area contributed by atoms with Crippen LogP contribution in [0.15, 0.2) is 66.9 Å². The number of halogens is 2. The van der Waals surface area contributed by atoms with E-state index < -0.39 is 17.5 Å². The number of carbonyl (C=O) groups is 2. The predicted octanol–water partition coefficient (Wildman–Crippen LogP) is 6.35. The number of hydrogen-bond donors (Lipinski definition) is 2. The summed E-state index contributed by atoms with van der Waals surface area (Å²) >= 11 is 0. The van der Waals surface area contributed by atoms with Gasteiger partial charge in [0.2, 0.25) is 0 Å². The number of aromatic nitrogens is 2. The molecular formula is C29H25F2N3O2. The van der Waals surface area contributed by atoms with Crippen molar-refractivity contribution in [1.82, 2.24) is 9.97 Å². The normalized spacial score (nSPS) is 14.4. The number of anilines is 1. The van der Waals surface area contributed by atoms with Crippen molar-refractivity contribution < 1.29 is 18.4 Å². The Kier molecular flexibility index (Phi) is 6.00. The van der Waals surface area contributed by atoms with Crippen LogP contribution in [0.25, 0.3) is 11.3 Å². The SMILES string of the molecule is CC1(C)CC(=O)c2c([nH]c(-c3ccnc(NC(=O)c4cc(F)cc(F)c4)c3)c2Cc2ccccc2)C1. The minimum Gasteiger partial charge on any atom is -0.358 e. The Morgan fingerprint density at radius 2 is 1.75 bits per heavy atom. The van der Waals surface area contributed by atoms with Crippen molar-refractivity contribution in [2.24, 2.45) is 5.41 Å². The zero-order valence-electron chi connectivity index (χ0n) is 20.0. The molecule has 0 fully saturated rings. The maximum atomic E-state index is 13.6. The van der Waals surface area contributed by atoms with Gasteiger partial charge in [0.1, 0.15) is 17.5 Å². The molecule has 4 aromatic rings. The van der Waals surface area contributed by atoms with Crippen molar-refractivity contribution in [3.8, 4) is 11.3 Å². The number of pyridine rings is 1. The quantitative estimate of drug-likeness (QED) is 0.346. The lowest BCUT2D eigenvalue weighted by Gasteiger charge is -2.28. The summed E-state index contributed by atoms with van der Waals surface area (Å²) in [6.45, 7) is 4.17. The van der Waals surface area contributed by atoms with Gasteiger partial charge in [-0.2, -0.15) is 0 Å². The molecule has 0 unspecified atom stereocenters. The maximum absolute atomic E-state index is 13.6. The van der Waals surface area contributed by atoms with Gasteiger partial charge in [-0.05, 0) is 47.2 Å². The van der Waals surface area contributed by atoms with E-state index in [1.807, 2.05) is 30.3 Å². The van der Waals surface area contributed by atoms with Crippen molar-refractivity contribution in [1.29, 1.82) is 0 Å². The van der Waals surface area contributed by atoms with Gasteiger partial charge in [0.15, 0.2) is 5.78 Å². The Morgan fingerprint density at radius 1 is 1.03 bits per heavy atom. The first-order chi connectivity index (χ1) is 17.2. The highest BCUT2D eigenvalue weighted by Crippen LogP contribution is 2.40. The highest BCUT2D eigenvalue weighted by Gasteiger charge is 2.35. The molecule has 0 bridgehead atoms. The Balaban J connectivity index is 1.54. The molecule has 1 amide bonds. The number of Topliss-reactive ketones (excluding diaryl/α,β-unsaturated/α-hetero) is 1. The van der Waals surface area contributed by atoms with Crippen LogP contribution >= 0.6 is 0 Å². The molecule has 2 aromatic carbocycles. The Hall–Kier alpha value is -4.13. The highest BCUT2D eigenvalue weighted by molar-refractivity contribution is 6.04. The molecule has 2 N–H and O–H groups in total. The molecule has 0 spiro atoms. The lowest BCUT2D eigenvalue weighted by atomic mass is 9.75. The topological polar surface area (TPSA) is 74.8 Å². The summed E-state index contributed by atoms with van der Waals surface area (Å²) in [5.74, 6) is -2.00. The standard InChI is InChI=1S/C29H25F2N3O2/c1-29(2)15-23-26(24(35)16-29)22(10-17-6-4-3-5-7-17)27(33-23)18-8-9-32-25(13-18)34-28(36)19-11-20(30)14-21(31)12-19/h3-9,11-14,33H,10,15-16H2,1-2H3,(H,32,34,36). The molecule has 1 aliphatic carbocycles. The Morgan fingerprint density at radius 3 is 2.47 bits per heavy atom. The van der Waals surface area contributed by atoms with E-state index in [2.05, 4.69) is 29.1 Å². The van der Waals surface area contributed by atoms with Gasteiger partial charge in [-0.15, -0.1) is 0 Å². The van der Waals surface area contributed by atoms with E-state index in [9.17, 15) is 18.4 Å². The van der Waals surface area contributed by atoms with Gasteiger partial charge in [-0.25, -0.2) is 13.8 Å². The van der Waals surface area contributed by atoms with Crippen molar-refractivity contribution in [3.63, 3.8) is 0 Å². The highest BCUT2D eigenvalue weighted by atomic mass is 19.1. The number of rotatable bonds is 5. The van der Waals surface area contributed by atoms with Gasteiger partial charge >= 0.3 is 0 Å². The maximum Gasteiger partial charge on any atom is 0.257 e. The van der Waals surface area contributed by atoms with Gasteiger partial charge < -0.3 is 10.3 Å². The number of carbonyl (C=O) groups excluding carboxylic acids is 2. The van der Waals surface area contributed by atoms with Crippen LogP contribution in [-0.2, 0) is 12.8 Å². The molecule has 2 heterocycles. The number of nitrogens with one attached hydrogen (secondary N) is 2. The van der Waals surface area contributed by atoms with E-state index in [-0.39, 0.29) is 22.6 Å². The summed E-state index contributed by atoms with van der Waals surface area (Å²) < 4.78 is 27.1. The lowest BCUT2D eigenvalue weighted by Crippen LogP contribution is -2.27. The average molecular weight is 486 g/mol. The Bertz CT molecular complexity index is 1460. The molecule has 0 radical (unpaired) electrons. The van der Waals surface area contributed by atoms with Crippen LogP contribution in [0.5, 0.6) is 0 Å². The van der Waals surface area contributed by atoms with Crippen molar-refractivity contribution >= 4 is 17.5 Å². The number of aromatic amines is 1. The minimum atomic E-state index is -0.836. The van der Waals surface area contributed by atoms with E-state index in [4.69, 9.17) is 0 Å². The largest absolute Gasteiger partial charge is 0.358 e. The van der Waals surface area contributed by atoms with Crippen LogP contribution in [0.2, 0.25) is 0 Å². The summed E-state index contributed by atoms with van der Waals surface area (Å²) in [5.41, 5.74) is 4.89. The predicted molar refractivity (Wildman–Crippen MR) is 134 cm³/mol. The zero-order valence-corrected chi connectivity index (χ0v) is 20.0. The van der Waals surface area contributed by atoms with Crippen molar-refractivity contribution in [2.75, 3.05) is 5.32 Å². The molecule has 182 valence electrons. The summed E-state index contributed by atoms with van der Waals surface area (Å²) in [6, 6.07) is 16.1. The first-order valence-electron chi connectivity index (χ1n) is 11.7. The molecule has 1 aliphatic rings. The van der Waals surface area contributed by atoms with E-state index in [0.717, 1.165) is 52.2 Å². The molecule has 0 aliphatic heterocycles. The second kappa shape index (κ2) is 9.15. The van der Waals surface area contributed by atoms with Crippen LogP contribution in [0.1, 0.15) is 57.8 Å². The fourth-order valence-corrected chi connectivity index (χ4v) is 4.88. The monoisotopic (exact) mass is 485 g/mol. The number of hydrogen-bond acceptors (Lipinski definition) is 3. The lowest BCUT2D eigenvalue weighted by molar-refractivity contribution is 0.0910. The van der Waals surface area contributed by atoms with E-state index in [1.54, 1.807) is 18.3 Å². The molecule has 0 saturated heterocycles. The smallest absolute Gasteiger partial charge is 0.257 e. The van der Waals surface area contributed by atoms with Gasteiger partial charge in [-0.3, -0.25) is 9.59 Å². The van der Waals surface area contributed by atoms with Crippen molar-refractivity contribution in [2.45, 2.75) is 33.1 Å². The molecule has 5 nitrogen and oxygen atoms in total. The molecule has 0 saturated carbocycles. The van der Waals surface area contributed by atoms with Crippen LogP contribution in [0, 0.1) is 17.0 Å². The van der Waals surface area contributed by atoms with Crippen LogP contribution in [-0.4, -0.2) is 21.7 Å². The van der Waals surface area contributed by atoms with Gasteiger partial charge in [-0.1, -0.05) is 44.2 Å². The van der Waals surface area contributed by atoms with E-state index in [1.165, 1.54) is 0 Å². The molecular weight excluding hydrogens is 460 g/mol. The second-order valence-electron chi connectivity index (χ2n) is 9.98. The number of fused-ring (bicyclic) bond motifs is 1. The molecule has 7 heteroatoms. The molecule has 5 rings (SSSR count). The number of ketones is 1. The third-order valence-electron chi connectivity index (χ3n) is 6.39. The van der Waals surface area contributed by atoms with Crippen molar-refractivity contribution in [3.05, 3.63) is 106 Å². The third-order valence-corrected chi connectivity index (χ3v) is 6.39. The third kappa shape index (κ3) is 4.82. The molecule has 2 aromatic heterocycles. The number of H-pyrrole nitrogens is 1.